The molecule has 5 nitrogen and oxygen atoms in total. The Labute approximate surface area is 113 Å². The molecule has 2 rings (SSSR count). The lowest BCUT2D eigenvalue weighted by Gasteiger charge is -2.29. The number of nitrogens with two attached hydrogens (primary N) is 1. The number of carbonyl (C=O) groups excluding carboxylic acids is 1. The molecule has 19 heavy (non-hydrogen) atoms. The van der Waals surface area contributed by atoms with Gasteiger partial charge in [-0.3, -0.25) is 0 Å². The second-order valence-corrected chi connectivity index (χ2v) is 5.81. The van der Waals surface area contributed by atoms with E-state index in [1.807, 2.05) is 39.0 Å². The summed E-state index contributed by atoms with van der Waals surface area (Å²) in [5.74, 6) is 0. The molecule has 1 amide bonds. The summed E-state index contributed by atoms with van der Waals surface area (Å²) in [6.07, 6.45) is 0.374. The molecule has 1 aromatic carbocycles. The van der Waals surface area contributed by atoms with Gasteiger partial charge in [0.15, 0.2) is 0 Å². The SMILES string of the molecule is CC(C)(C)OC(=O)NC1CNc2c(N)cccc2C1. The number of benzene rings is 1. The number of rotatable bonds is 1. The number of alkyl carbamates (subject to hydrolysis) is 1. The maximum atomic E-state index is 11.7. The Morgan fingerprint density at radius 3 is 2.89 bits per heavy atom. The predicted molar refractivity (Wildman–Crippen MR) is 76.2 cm³/mol. The van der Waals surface area contributed by atoms with Crippen LogP contribution >= 0.6 is 0 Å². The van der Waals surface area contributed by atoms with Crippen molar-refractivity contribution in [2.45, 2.75) is 38.8 Å². The van der Waals surface area contributed by atoms with Gasteiger partial charge in [-0.15, -0.1) is 0 Å². The first-order valence-corrected chi connectivity index (χ1v) is 6.46. The van der Waals surface area contributed by atoms with Gasteiger partial charge in [0.2, 0.25) is 0 Å². The Balaban J connectivity index is 1.97. The molecule has 104 valence electrons. The van der Waals surface area contributed by atoms with Gasteiger partial charge < -0.3 is 21.1 Å². The van der Waals surface area contributed by atoms with Crippen molar-refractivity contribution in [3.63, 3.8) is 0 Å². The zero-order valence-corrected chi connectivity index (χ0v) is 11.6. The Bertz CT molecular complexity index is 480. The van der Waals surface area contributed by atoms with Gasteiger partial charge in [-0.1, -0.05) is 12.1 Å². The fourth-order valence-corrected chi connectivity index (χ4v) is 2.14. The highest BCUT2D eigenvalue weighted by molar-refractivity contribution is 5.73. The lowest BCUT2D eigenvalue weighted by molar-refractivity contribution is 0.0506. The van der Waals surface area contributed by atoms with E-state index in [2.05, 4.69) is 10.6 Å². The fraction of sp³-hybridized carbons (Fsp3) is 0.500. The molecule has 5 heteroatoms. The van der Waals surface area contributed by atoms with E-state index in [1.54, 1.807) is 0 Å². The lowest BCUT2D eigenvalue weighted by Crippen LogP contribution is -2.45. The van der Waals surface area contributed by atoms with Gasteiger partial charge >= 0.3 is 6.09 Å². The predicted octanol–water partition coefficient (Wildman–Crippen LogP) is 2.13. The van der Waals surface area contributed by atoms with Crippen molar-refractivity contribution in [2.24, 2.45) is 0 Å². The molecule has 0 spiro atoms. The zero-order valence-electron chi connectivity index (χ0n) is 11.6. The average Bonchev–Trinajstić information content (AvgIpc) is 2.26. The van der Waals surface area contributed by atoms with Crippen molar-refractivity contribution in [1.82, 2.24) is 5.32 Å². The highest BCUT2D eigenvalue weighted by Crippen LogP contribution is 2.27. The third-order valence-electron chi connectivity index (χ3n) is 2.90. The monoisotopic (exact) mass is 263 g/mol. The number of nitrogen functional groups attached to an aromatic ring is 1. The molecule has 0 bridgehead atoms. The smallest absolute Gasteiger partial charge is 0.407 e. The van der Waals surface area contributed by atoms with Crippen LogP contribution in [0.15, 0.2) is 18.2 Å². The van der Waals surface area contributed by atoms with Gasteiger partial charge in [-0.05, 0) is 38.8 Å². The van der Waals surface area contributed by atoms with Crippen LogP contribution in [0.2, 0.25) is 0 Å². The molecule has 0 saturated carbocycles. The van der Waals surface area contributed by atoms with Gasteiger partial charge in [-0.2, -0.15) is 0 Å². The van der Waals surface area contributed by atoms with Gasteiger partial charge in [0.25, 0.3) is 0 Å². The van der Waals surface area contributed by atoms with E-state index in [1.165, 1.54) is 0 Å². The Morgan fingerprint density at radius 2 is 2.21 bits per heavy atom. The summed E-state index contributed by atoms with van der Waals surface area (Å²) in [5.41, 5.74) is 8.26. The summed E-state index contributed by atoms with van der Waals surface area (Å²) in [6, 6.07) is 5.82. The number of anilines is 2. The van der Waals surface area contributed by atoms with Crippen molar-refractivity contribution in [1.29, 1.82) is 0 Å². The lowest BCUT2D eigenvalue weighted by atomic mass is 9.99. The van der Waals surface area contributed by atoms with E-state index in [-0.39, 0.29) is 12.1 Å². The first-order valence-electron chi connectivity index (χ1n) is 6.46. The Kier molecular flexibility index (Phi) is 3.55. The summed E-state index contributed by atoms with van der Waals surface area (Å²) >= 11 is 0. The molecule has 0 fully saturated rings. The maximum Gasteiger partial charge on any atom is 0.407 e. The van der Waals surface area contributed by atoms with E-state index >= 15 is 0 Å². The number of ether oxygens (including phenoxy) is 1. The normalized spacial score (nSPS) is 18.2. The highest BCUT2D eigenvalue weighted by atomic mass is 16.6. The summed E-state index contributed by atoms with van der Waals surface area (Å²) in [4.78, 5) is 11.7. The third-order valence-corrected chi connectivity index (χ3v) is 2.90. The molecule has 1 heterocycles. The summed E-state index contributed by atoms with van der Waals surface area (Å²) in [6.45, 7) is 6.20. The summed E-state index contributed by atoms with van der Waals surface area (Å²) in [5, 5.41) is 6.13. The minimum atomic E-state index is -0.478. The number of nitrogens with one attached hydrogen (secondary N) is 2. The average molecular weight is 263 g/mol. The van der Waals surface area contributed by atoms with Crippen LogP contribution in [0.5, 0.6) is 0 Å². The number of fused-ring (bicyclic) bond motifs is 1. The molecule has 1 atom stereocenters. The van der Waals surface area contributed by atoms with Crippen LogP contribution in [-0.4, -0.2) is 24.3 Å². The first-order chi connectivity index (χ1) is 8.85. The van der Waals surface area contributed by atoms with Crippen LogP contribution in [-0.2, 0) is 11.2 Å². The van der Waals surface area contributed by atoms with Crippen LogP contribution in [0, 0.1) is 0 Å². The second kappa shape index (κ2) is 4.99. The minimum absolute atomic E-state index is 0.0177. The summed E-state index contributed by atoms with van der Waals surface area (Å²) in [7, 11) is 0. The molecule has 0 aromatic heterocycles. The number of hydrogen-bond acceptors (Lipinski definition) is 4. The molecule has 1 aromatic rings. The van der Waals surface area contributed by atoms with Crippen molar-refractivity contribution < 1.29 is 9.53 Å². The van der Waals surface area contributed by atoms with Crippen LogP contribution in [0.25, 0.3) is 0 Å². The number of amides is 1. The van der Waals surface area contributed by atoms with Crippen molar-refractivity contribution in [3.8, 4) is 0 Å². The van der Waals surface area contributed by atoms with Gasteiger partial charge in [0.1, 0.15) is 5.60 Å². The quantitative estimate of drug-likeness (QED) is 0.678. The first kappa shape index (κ1) is 13.5. The largest absolute Gasteiger partial charge is 0.444 e. The minimum Gasteiger partial charge on any atom is -0.444 e. The molecule has 0 radical (unpaired) electrons. The number of hydrogen-bond donors (Lipinski definition) is 3. The summed E-state index contributed by atoms with van der Waals surface area (Å²) < 4.78 is 5.25. The van der Waals surface area contributed by atoms with Gasteiger partial charge in [0, 0.05) is 6.54 Å². The van der Waals surface area contributed by atoms with Crippen molar-refractivity contribution in [2.75, 3.05) is 17.6 Å². The molecule has 4 N–H and O–H groups in total. The highest BCUT2D eigenvalue weighted by Gasteiger charge is 2.23. The Morgan fingerprint density at radius 1 is 1.47 bits per heavy atom. The maximum absolute atomic E-state index is 11.7. The number of para-hydroxylation sites is 1. The molecule has 1 unspecified atom stereocenters. The third kappa shape index (κ3) is 3.53. The van der Waals surface area contributed by atoms with Crippen molar-refractivity contribution >= 4 is 17.5 Å². The second-order valence-electron chi connectivity index (χ2n) is 5.81. The topological polar surface area (TPSA) is 76.4 Å². The van der Waals surface area contributed by atoms with E-state index in [4.69, 9.17) is 10.5 Å². The van der Waals surface area contributed by atoms with Crippen LogP contribution < -0.4 is 16.4 Å². The van der Waals surface area contributed by atoms with E-state index in [9.17, 15) is 4.79 Å². The molecule has 0 saturated heterocycles. The fourth-order valence-electron chi connectivity index (χ4n) is 2.14. The molecule has 1 aliphatic heterocycles. The molecule has 1 aliphatic rings. The van der Waals surface area contributed by atoms with E-state index in [0.717, 1.165) is 23.4 Å². The molecular formula is C14H21N3O2. The van der Waals surface area contributed by atoms with Crippen LogP contribution in [0.1, 0.15) is 26.3 Å². The molecule has 0 aliphatic carbocycles. The Hall–Kier alpha value is -1.91. The zero-order chi connectivity index (χ0) is 14.0. The van der Waals surface area contributed by atoms with Gasteiger partial charge in [-0.25, -0.2) is 4.79 Å². The van der Waals surface area contributed by atoms with Crippen molar-refractivity contribution in [3.05, 3.63) is 23.8 Å². The number of carbonyl (C=O) groups is 1. The van der Waals surface area contributed by atoms with Gasteiger partial charge in [0.05, 0.1) is 17.4 Å². The van der Waals surface area contributed by atoms with E-state index in [0.29, 0.717) is 6.54 Å². The van der Waals surface area contributed by atoms with Crippen LogP contribution in [0.3, 0.4) is 0 Å². The van der Waals surface area contributed by atoms with Crippen LogP contribution in [0.4, 0.5) is 16.2 Å². The molecular weight excluding hydrogens is 242 g/mol. The van der Waals surface area contributed by atoms with E-state index < -0.39 is 5.60 Å². The standard InChI is InChI=1S/C14H21N3O2/c1-14(2,3)19-13(18)17-10-7-9-5-4-6-11(15)12(9)16-8-10/h4-6,10,16H,7-8,15H2,1-3H3,(H,17,18).